The van der Waals surface area contributed by atoms with E-state index in [1.54, 1.807) is 12.7 Å². The third-order valence-electron chi connectivity index (χ3n) is 4.67. The second-order valence-corrected chi connectivity index (χ2v) is 6.85. The Morgan fingerprint density at radius 1 is 1.38 bits per heavy atom. The van der Waals surface area contributed by atoms with Crippen LogP contribution in [0.2, 0.25) is 5.02 Å². The molecule has 5 heteroatoms. The molecule has 1 aliphatic rings. The Balaban J connectivity index is 1.82. The molecule has 2 unspecified atom stereocenters. The smallest absolute Gasteiger partial charge is 0.137 e. The summed E-state index contributed by atoms with van der Waals surface area (Å²) in [6.45, 7) is 7.41. The van der Waals surface area contributed by atoms with Gasteiger partial charge in [0.1, 0.15) is 18.3 Å². The Morgan fingerprint density at radius 3 is 2.57 bits per heavy atom. The molecule has 1 fully saturated rings. The van der Waals surface area contributed by atoms with E-state index >= 15 is 0 Å². The van der Waals surface area contributed by atoms with Gasteiger partial charge in [-0.15, -0.1) is 0 Å². The molecule has 0 aliphatic carbocycles. The van der Waals surface area contributed by atoms with Crippen molar-refractivity contribution in [3.8, 4) is 0 Å². The molecule has 2 aromatic rings. The van der Waals surface area contributed by atoms with Gasteiger partial charge in [0.15, 0.2) is 0 Å². The van der Waals surface area contributed by atoms with Crippen LogP contribution in [0.4, 0.5) is 0 Å². The molecule has 1 aliphatic heterocycles. The molecule has 0 saturated carbocycles. The minimum Gasteiger partial charge on any atom is -0.367 e. The third-order valence-corrected chi connectivity index (χ3v) is 4.92. The molecule has 21 heavy (non-hydrogen) atoms. The zero-order valence-corrected chi connectivity index (χ0v) is 13.3. The first-order valence-electron chi connectivity index (χ1n) is 7.17. The largest absolute Gasteiger partial charge is 0.367 e. The van der Waals surface area contributed by atoms with E-state index in [1.165, 1.54) is 5.56 Å². The van der Waals surface area contributed by atoms with Crippen LogP contribution in [0.25, 0.3) is 0 Å². The fourth-order valence-electron chi connectivity index (χ4n) is 3.17. The molecule has 1 saturated heterocycles. The minimum atomic E-state index is -0.194. The highest BCUT2D eigenvalue weighted by Crippen LogP contribution is 2.52. The van der Waals surface area contributed by atoms with E-state index in [1.807, 2.05) is 16.8 Å². The number of benzene rings is 1. The summed E-state index contributed by atoms with van der Waals surface area (Å²) in [6.07, 6.45) is 4.26. The number of hydrogen-bond acceptors (Lipinski definition) is 3. The molecule has 112 valence electrons. The lowest BCUT2D eigenvalue weighted by Crippen LogP contribution is -2.41. The Labute approximate surface area is 130 Å². The Morgan fingerprint density at radius 2 is 2.05 bits per heavy atom. The van der Waals surface area contributed by atoms with Crippen molar-refractivity contribution in [2.75, 3.05) is 6.61 Å². The van der Waals surface area contributed by atoms with E-state index in [4.69, 9.17) is 16.3 Å². The van der Waals surface area contributed by atoms with E-state index in [0.717, 1.165) is 18.1 Å². The lowest BCUT2D eigenvalue weighted by molar-refractivity contribution is 0.0833. The van der Waals surface area contributed by atoms with Crippen LogP contribution in [0.3, 0.4) is 0 Å². The molecule has 2 heterocycles. The first-order chi connectivity index (χ1) is 9.95. The first kappa shape index (κ1) is 14.5. The van der Waals surface area contributed by atoms with Gasteiger partial charge >= 0.3 is 0 Å². The Kier molecular flexibility index (Phi) is 3.54. The lowest BCUT2D eigenvalue weighted by Gasteiger charge is -2.36. The molecule has 0 radical (unpaired) electrons. The average molecular weight is 306 g/mol. The van der Waals surface area contributed by atoms with Gasteiger partial charge in [-0.3, -0.25) is 0 Å². The summed E-state index contributed by atoms with van der Waals surface area (Å²) >= 11 is 5.96. The second kappa shape index (κ2) is 5.11. The van der Waals surface area contributed by atoms with Gasteiger partial charge in [-0.05, 0) is 31.0 Å². The maximum atomic E-state index is 5.96. The first-order valence-corrected chi connectivity index (χ1v) is 7.55. The molecule has 1 aromatic carbocycles. The molecule has 0 amide bonds. The highest BCUT2D eigenvalue weighted by Gasteiger charge is 2.60. The van der Waals surface area contributed by atoms with E-state index in [-0.39, 0.29) is 17.1 Å². The van der Waals surface area contributed by atoms with E-state index in [9.17, 15) is 0 Å². The molecular formula is C16H20ClN3O. The Hall–Kier alpha value is -1.39. The van der Waals surface area contributed by atoms with Crippen LogP contribution in [-0.4, -0.2) is 27.0 Å². The monoisotopic (exact) mass is 305 g/mol. The molecule has 2 atom stereocenters. The SMILES string of the molecule is CC(n1cncn1)C1(C(C)(C)Cc2ccc(Cl)cc2)CO1. The predicted molar refractivity (Wildman–Crippen MR) is 82.4 cm³/mol. The van der Waals surface area contributed by atoms with Crippen molar-refractivity contribution in [3.63, 3.8) is 0 Å². The summed E-state index contributed by atoms with van der Waals surface area (Å²) in [4.78, 5) is 4.04. The number of aromatic nitrogens is 3. The number of halogens is 1. The van der Waals surface area contributed by atoms with Crippen LogP contribution in [0, 0.1) is 5.41 Å². The van der Waals surface area contributed by atoms with Crippen molar-refractivity contribution in [2.45, 2.75) is 38.8 Å². The minimum absolute atomic E-state index is 0.00774. The molecule has 3 rings (SSSR count). The number of ether oxygens (including phenoxy) is 1. The summed E-state index contributed by atoms with van der Waals surface area (Å²) in [5.41, 5.74) is 1.07. The van der Waals surface area contributed by atoms with Crippen molar-refractivity contribution >= 4 is 11.6 Å². The van der Waals surface area contributed by atoms with Gasteiger partial charge in [-0.2, -0.15) is 5.10 Å². The number of epoxide rings is 1. The molecular weight excluding hydrogens is 286 g/mol. The van der Waals surface area contributed by atoms with Crippen molar-refractivity contribution in [3.05, 3.63) is 47.5 Å². The zero-order valence-electron chi connectivity index (χ0n) is 12.6. The van der Waals surface area contributed by atoms with Gasteiger partial charge < -0.3 is 4.74 Å². The fourth-order valence-corrected chi connectivity index (χ4v) is 3.29. The van der Waals surface area contributed by atoms with E-state index < -0.39 is 0 Å². The molecule has 0 bridgehead atoms. The van der Waals surface area contributed by atoms with Crippen LogP contribution in [0.1, 0.15) is 32.4 Å². The van der Waals surface area contributed by atoms with Crippen LogP contribution >= 0.6 is 11.6 Å². The maximum absolute atomic E-state index is 5.96. The third kappa shape index (κ3) is 2.58. The van der Waals surface area contributed by atoms with Crippen LogP contribution < -0.4 is 0 Å². The quantitative estimate of drug-likeness (QED) is 0.794. The normalized spacial score (nSPS) is 23.0. The summed E-state index contributed by atoms with van der Waals surface area (Å²) in [7, 11) is 0. The zero-order chi connectivity index (χ0) is 15.1. The van der Waals surface area contributed by atoms with Gasteiger partial charge in [0.25, 0.3) is 0 Å². The van der Waals surface area contributed by atoms with Gasteiger partial charge in [0.05, 0.1) is 12.6 Å². The molecule has 0 N–H and O–H groups in total. The van der Waals surface area contributed by atoms with Crippen LogP contribution in [0.5, 0.6) is 0 Å². The predicted octanol–water partition coefficient (Wildman–Crippen LogP) is 3.53. The summed E-state index contributed by atoms with van der Waals surface area (Å²) < 4.78 is 7.81. The van der Waals surface area contributed by atoms with Crippen LogP contribution in [-0.2, 0) is 11.2 Å². The lowest BCUT2D eigenvalue weighted by atomic mass is 9.71. The molecule has 1 aromatic heterocycles. The highest BCUT2D eigenvalue weighted by atomic mass is 35.5. The van der Waals surface area contributed by atoms with Crippen LogP contribution in [0.15, 0.2) is 36.9 Å². The summed E-state index contributed by atoms with van der Waals surface area (Å²) in [5.74, 6) is 0. The Bertz CT molecular complexity index is 603. The standard InChI is InChI=1S/C16H20ClN3O/c1-12(20-11-18-10-19-20)16(9-21-16)15(2,3)8-13-4-6-14(17)7-5-13/h4-7,10-12H,8-9H2,1-3H3. The fraction of sp³-hybridized carbons (Fsp3) is 0.500. The molecule has 4 nitrogen and oxygen atoms in total. The van der Waals surface area contributed by atoms with Crippen molar-refractivity contribution in [1.82, 2.24) is 14.8 Å². The van der Waals surface area contributed by atoms with E-state index in [0.29, 0.717) is 0 Å². The van der Waals surface area contributed by atoms with Crippen molar-refractivity contribution < 1.29 is 4.74 Å². The average Bonchev–Trinajstić information content (AvgIpc) is 3.10. The molecule has 0 spiro atoms. The van der Waals surface area contributed by atoms with E-state index in [2.05, 4.69) is 43.0 Å². The highest BCUT2D eigenvalue weighted by molar-refractivity contribution is 6.30. The van der Waals surface area contributed by atoms with Crippen molar-refractivity contribution in [1.29, 1.82) is 0 Å². The van der Waals surface area contributed by atoms with Gasteiger partial charge in [0, 0.05) is 10.4 Å². The number of hydrogen-bond donors (Lipinski definition) is 0. The topological polar surface area (TPSA) is 43.2 Å². The summed E-state index contributed by atoms with van der Waals surface area (Å²) in [6, 6.07) is 8.20. The van der Waals surface area contributed by atoms with Gasteiger partial charge in [-0.25, -0.2) is 9.67 Å². The summed E-state index contributed by atoms with van der Waals surface area (Å²) in [5, 5.41) is 5.03. The maximum Gasteiger partial charge on any atom is 0.137 e. The van der Waals surface area contributed by atoms with Crippen molar-refractivity contribution in [2.24, 2.45) is 5.41 Å². The number of rotatable bonds is 5. The van der Waals surface area contributed by atoms with Gasteiger partial charge in [0.2, 0.25) is 0 Å². The number of nitrogens with zero attached hydrogens (tertiary/aromatic N) is 3. The second-order valence-electron chi connectivity index (χ2n) is 6.42. The van der Waals surface area contributed by atoms with Gasteiger partial charge in [-0.1, -0.05) is 37.6 Å².